The van der Waals surface area contributed by atoms with Crippen LogP contribution >= 0.6 is 0 Å². The van der Waals surface area contributed by atoms with Crippen LogP contribution in [0.4, 0.5) is 0 Å². The number of likely N-dealkylation sites (tertiary alicyclic amines) is 1. The number of nitrogens with zero attached hydrogens (tertiary/aromatic N) is 3. The first-order valence-electron chi connectivity index (χ1n) is 11.1. The number of hydrogen-bond acceptors (Lipinski definition) is 5. The molecule has 32 heavy (non-hydrogen) atoms. The molecule has 0 bridgehead atoms. The molecule has 0 N–H and O–H groups in total. The van der Waals surface area contributed by atoms with E-state index >= 15 is 0 Å². The number of pyridine rings is 1. The predicted molar refractivity (Wildman–Crippen MR) is 118 cm³/mol. The van der Waals surface area contributed by atoms with Crippen molar-refractivity contribution >= 4 is 15.9 Å². The molecule has 2 saturated heterocycles. The standard InChI is InChI=1S/C23H27N3O5S/c1-16-12-19(13-22(27)26(16)18-6-7-18)31-20-14-24(15-20)23(28)17-4-8-21(9-5-17)32(29,30)25-10-2-3-11-25/h4-5,8-9,12-13,18,20H,2-3,6-7,10-11,14-15H2,1H3. The van der Waals surface area contributed by atoms with Gasteiger partial charge in [0.25, 0.3) is 11.5 Å². The Labute approximate surface area is 187 Å². The molecular weight excluding hydrogens is 430 g/mol. The van der Waals surface area contributed by atoms with Crippen molar-refractivity contribution < 1.29 is 17.9 Å². The van der Waals surface area contributed by atoms with Crippen LogP contribution in [0, 0.1) is 6.92 Å². The Morgan fingerprint density at radius 2 is 1.69 bits per heavy atom. The predicted octanol–water partition coefficient (Wildman–Crippen LogP) is 2.18. The first-order chi connectivity index (χ1) is 15.3. The number of aromatic nitrogens is 1. The van der Waals surface area contributed by atoms with Crippen LogP contribution in [0.2, 0.25) is 0 Å². The summed E-state index contributed by atoms with van der Waals surface area (Å²) >= 11 is 0. The SMILES string of the molecule is Cc1cc(OC2CN(C(=O)c3ccc(S(=O)(=O)N4CCCC4)cc3)C2)cc(=O)n1C1CC1. The number of sulfonamides is 1. The monoisotopic (exact) mass is 457 g/mol. The lowest BCUT2D eigenvalue weighted by atomic mass is 10.1. The molecule has 2 aromatic rings. The minimum absolute atomic E-state index is 0.0428. The quantitative estimate of drug-likeness (QED) is 0.663. The summed E-state index contributed by atoms with van der Waals surface area (Å²) in [6.45, 7) is 3.87. The Kier molecular flexibility index (Phi) is 5.33. The van der Waals surface area contributed by atoms with E-state index in [0.717, 1.165) is 31.4 Å². The van der Waals surface area contributed by atoms with E-state index in [1.54, 1.807) is 17.0 Å². The van der Waals surface area contributed by atoms with Gasteiger partial charge in [-0.15, -0.1) is 0 Å². The fourth-order valence-electron chi connectivity index (χ4n) is 4.45. The minimum atomic E-state index is -3.49. The third-order valence-electron chi connectivity index (χ3n) is 6.39. The van der Waals surface area contributed by atoms with Gasteiger partial charge in [-0.3, -0.25) is 9.59 Å². The van der Waals surface area contributed by atoms with E-state index in [4.69, 9.17) is 4.74 Å². The van der Waals surface area contributed by atoms with Crippen molar-refractivity contribution in [2.24, 2.45) is 0 Å². The van der Waals surface area contributed by atoms with Gasteiger partial charge in [0, 0.05) is 36.5 Å². The van der Waals surface area contributed by atoms with Crippen LogP contribution in [0.1, 0.15) is 47.8 Å². The zero-order chi connectivity index (χ0) is 22.5. The van der Waals surface area contributed by atoms with Gasteiger partial charge in [0.05, 0.1) is 18.0 Å². The van der Waals surface area contributed by atoms with Gasteiger partial charge in [-0.25, -0.2) is 8.42 Å². The van der Waals surface area contributed by atoms with Gasteiger partial charge < -0.3 is 14.2 Å². The number of carbonyl (C=O) groups excluding carboxylic acids is 1. The molecule has 0 spiro atoms. The Hall–Kier alpha value is -2.65. The molecule has 1 aliphatic carbocycles. The molecular formula is C23H27N3O5S. The third kappa shape index (κ3) is 3.95. The first-order valence-corrected chi connectivity index (χ1v) is 12.6. The molecule has 8 nitrogen and oxygen atoms in total. The average molecular weight is 458 g/mol. The molecule has 170 valence electrons. The topological polar surface area (TPSA) is 88.9 Å². The molecule has 1 aromatic carbocycles. The Morgan fingerprint density at radius 3 is 2.28 bits per heavy atom. The van der Waals surface area contributed by atoms with Crippen molar-refractivity contribution in [2.75, 3.05) is 26.2 Å². The van der Waals surface area contributed by atoms with Gasteiger partial charge in [-0.1, -0.05) is 0 Å². The minimum Gasteiger partial charge on any atom is -0.486 e. The summed E-state index contributed by atoms with van der Waals surface area (Å²) in [6, 6.07) is 9.88. The van der Waals surface area contributed by atoms with Gasteiger partial charge in [0.1, 0.15) is 11.9 Å². The molecule has 0 atom stereocenters. The molecule has 3 heterocycles. The van der Waals surface area contributed by atoms with Crippen LogP contribution < -0.4 is 10.3 Å². The number of hydrogen-bond donors (Lipinski definition) is 0. The highest BCUT2D eigenvalue weighted by molar-refractivity contribution is 7.89. The van der Waals surface area contributed by atoms with Gasteiger partial charge in [0.15, 0.2) is 0 Å². The van der Waals surface area contributed by atoms with Crippen LogP contribution in [0.25, 0.3) is 0 Å². The first kappa shape index (κ1) is 21.2. The normalized spacial score (nSPS) is 19.7. The van der Waals surface area contributed by atoms with Crippen LogP contribution in [-0.4, -0.2) is 60.4 Å². The summed E-state index contributed by atoms with van der Waals surface area (Å²) in [4.78, 5) is 27.0. The Morgan fingerprint density at radius 1 is 1.03 bits per heavy atom. The molecule has 1 saturated carbocycles. The lowest BCUT2D eigenvalue weighted by Crippen LogP contribution is -2.56. The largest absolute Gasteiger partial charge is 0.486 e. The highest BCUT2D eigenvalue weighted by Gasteiger charge is 2.34. The smallest absolute Gasteiger partial charge is 0.254 e. The zero-order valence-corrected chi connectivity index (χ0v) is 18.9. The van der Waals surface area contributed by atoms with Gasteiger partial charge in [-0.2, -0.15) is 4.31 Å². The van der Waals surface area contributed by atoms with E-state index in [-0.39, 0.29) is 22.5 Å². The van der Waals surface area contributed by atoms with E-state index in [0.29, 0.717) is 43.5 Å². The van der Waals surface area contributed by atoms with E-state index in [1.165, 1.54) is 22.5 Å². The summed E-state index contributed by atoms with van der Waals surface area (Å²) in [5.74, 6) is 0.383. The number of carbonyl (C=O) groups is 1. The maximum atomic E-state index is 12.7. The fraction of sp³-hybridized carbons (Fsp3) is 0.478. The lowest BCUT2D eigenvalue weighted by Gasteiger charge is -2.39. The number of aryl methyl sites for hydroxylation is 1. The lowest BCUT2D eigenvalue weighted by molar-refractivity contribution is 0.0176. The van der Waals surface area contributed by atoms with Crippen molar-refractivity contribution in [2.45, 2.75) is 49.6 Å². The highest BCUT2D eigenvalue weighted by Crippen LogP contribution is 2.35. The molecule has 5 rings (SSSR count). The van der Waals surface area contributed by atoms with Crippen molar-refractivity contribution in [1.29, 1.82) is 0 Å². The van der Waals surface area contributed by atoms with Crippen molar-refractivity contribution in [3.8, 4) is 5.75 Å². The van der Waals surface area contributed by atoms with Crippen LogP contribution in [0.15, 0.2) is 46.1 Å². The number of amides is 1. The molecule has 3 aliphatic rings. The molecule has 3 fully saturated rings. The number of ether oxygens (including phenoxy) is 1. The van der Waals surface area contributed by atoms with E-state index < -0.39 is 10.0 Å². The maximum Gasteiger partial charge on any atom is 0.254 e. The summed E-state index contributed by atoms with van der Waals surface area (Å²) in [5.41, 5.74) is 1.30. The Bertz CT molecular complexity index is 1190. The van der Waals surface area contributed by atoms with Crippen molar-refractivity contribution in [1.82, 2.24) is 13.8 Å². The van der Waals surface area contributed by atoms with Gasteiger partial charge in [-0.05, 0) is 62.9 Å². The summed E-state index contributed by atoms with van der Waals surface area (Å²) in [5, 5.41) is 0. The second-order valence-electron chi connectivity index (χ2n) is 8.86. The number of benzene rings is 1. The molecule has 1 aromatic heterocycles. The summed E-state index contributed by atoms with van der Waals surface area (Å²) in [6.07, 6.45) is 3.70. The van der Waals surface area contributed by atoms with Crippen LogP contribution in [-0.2, 0) is 10.0 Å². The van der Waals surface area contributed by atoms with E-state index in [9.17, 15) is 18.0 Å². The zero-order valence-electron chi connectivity index (χ0n) is 18.1. The molecule has 0 unspecified atom stereocenters. The number of rotatable bonds is 6. The van der Waals surface area contributed by atoms with Crippen molar-refractivity contribution in [3.05, 3.63) is 58.0 Å². The highest BCUT2D eigenvalue weighted by atomic mass is 32.2. The van der Waals surface area contributed by atoms with Gasteiger partial charge >= 0.3 is 0 Å². The third-order valence-corrected chi connectivity index (χ3v) is 8.30. The summed E-state index contributed by atoms with van der Waals surface area (Å²) < 4.78 is 34.5. The molecule has 1 amide bonds. The second-order valence-corrected chi connectivity index (χ2v) is 10.8. The van der Waals surface area contributed by atoms with Gasteiger partial charge in [0.2, 0.25) is 10.0 Å². The maximum absolute atomic E-state index is 12.7. The molecule has 2 aliphatic heterocycles. The van der Waals surface area contributed by atoms with Crippen LogP contribution in [0.5, 0.6) is 5.75 Å². The van der Waals surface area contributed by atoms with E-state index in [2.05, 4.69) is 0 Å². The van der Waals surface area contributed by atoms with Crippen molar-refractivity contribution in [3.63, 3.8) is 0 Å². The fourth-order valence-corrected chi connectivity index (χ4v) is 5.97. The molecule has 9 heteroatoms. The van der Waals surface area contributed by atoms with Crippen LogP contribution in [0.3, 0.4) is 0 Å². The van der Waals surface area contributed by atoms with E-state index in [1.807, 2.05) is 17.6 Å². The average Bonchev–Trinajstić information content (AvgIpc) is 3.39. The Balaban J connectivity index is 1.19. The second kappa shape index (κ2) is 8.04. The summed E-state index contributed by atoms with van der Waals surface area (Å²) in [7, 11) is -3.49. The molecule has 0 radical (unpaired) electrons.